The van der Waals surface area contributed by atoms with Crippen LogP contribution in [-0.2, 0) is 6.42 Å². The molecule has 17 heavy (non-hydrogen) atoms. The molecule has 1 heterocycles. The van der Waals surface area contributed by atoms with Gasteiger partial charge in [-0.05, 0) is 28.4 Å². The average molecular weight is 292 g/mol. The minimum Gasteiger partial charge on any atom is -0.372 e. The predicted octanol–water partition coefficient (Wildman–Crippen LogP) is 3.18. The highest BCUT2D eigenvalue weighted by Crippen LogP contribution is 2.18. The zero-order valence-electron chi connectivity index (χ0n) is 9.87. The number of hydrogen-bond acceptors (Lipinski definition) is 3. The quantitative estimate of drug-likeness (QED) is 0.944. The van der Waals surface area contributed by atoms with E-state index in [0.29, 0.717) is 0 Å². The third-order valence-electron chi connectivity index (χ3n) is 2.48. The summed E-state index contributed by atoms with van der Waals surface area (Å²) in [5.74, 6) is 1.64. The Balaban J connectivity index is 2.24. The molecule has 0 unspecified atom stereocenters. The van der Waals surface area contributed by atoms with Gasteiger partial charge in [0.05, 0.1) is 4.47 Å². The normalized spacial score (nSPS) is 10.3. The van der Waals surface area contributed by atoms with E-state index in [9.17, 15) is 0 Å². The highest BCUT2D eigenvalue weighted by atomic mass is 79.9. The molecule has 0 aliphatic rings. The second-order valence-electron chi connectivity index (χ2n) is 3.90. The largest absolute Gasteiger partial charge is 0.372 e. The molecule has 0 spiro atoms. The molecule has 1 aromatic carbocycles. The number of rotatable bonds is 3. The maximum atomic E-state index is 4.45. The van der Waals surface area contributed by atoms with E-state index in [1.165, 1.54) is 11.1 Å². The van der Waals surface area contributed by atoms with Gasteiger partial charge in [0.15, 0.2) is 0 Å². The Morgan fingerprint density at radius 2 is 2.18 bits per heavy atom. The zero-order chi connectivity index (χ0) is 12.3. The lowest BCUT2D eigenvalue weighted by molar-refractivity contribution is 0.962. The topological polar surface area (TPSA) is 37.8 Å². The van der Waals surface area contributed by atoms with Gasteiger partial charge in [0.2, 0.25) is 0 Å². The second kappa shape index (κ2) is 5.27. The number of hydrogen-bond donors (Lipinski definition) is 1. The number of halogens is 1. The first-order chi connectivity index (χ1) is 8.19. The van der Waals surface area contributed by atoms with Crippen LogP contribution in [0.4, 0.5) is 5.82 Å². The van der Waals surface area contributed by atoms with E-state index in [2.05, 4.69) is 62.4 Å². The van der Waals surface area contributed by atoms with E-state index in [-0.39, 0.29) is 0 Å². The van der Waals surface area contributed by atoms with Gasteiger partial charge in [0.1, 0.15) is 11.6 Å². The summed E-state index contributed by atoms with van der Waals surface area (Å²) in [4.78, 5) is 8.76. The van der Waals surface area contributed by atoms with E-state index in [1.54, 1.807) is 6.20 Å². The summed E-state index contributed by atoms with van der Waals surface area (Å²) in [6, 6.07) is 8.40. The Morgan fingerprint density at radius 3 is 2.88 bits per heavy atom. The fraction of sp³-hybridized carbons (Fsp3) is 0.231. The first-order valence-electron chi connectivity index (χ1n) is 5.44. The van der Waals surface area contributed by atoms with Crippen molar-refractivity contribution >= 4 is 21.7 Å². The van der Waals surface area contributed by atoms with Gasteiger partial charge in [0, 0.05) is 19.7 Å². The number of aromatic nitrogens is 2. The van der Waals surface area contributed by atoms with E-state index in [4.69, 9.17) is 0 Å². The number of anilines is 1. The summed E-state index contributed by atoms with van der Waals surface area (Å²) in [7, 11) is 1.85. The van der Waals surface area contributed by atoms with E-state index < -0.39 is 0 Å². The van der Waals surface area contributed by atoms with Gasteiger partial charge in [-0.1, -0.05) is 29.8 Å². The number of benzene rings is 1. The van der Waals surface area contributed by atoms with Gasteiger partial charge in [-0.3, -0.25) is 0 Å². The third-order valence-corrected chi connectivity index (χ3v) is 3.06. The van der Waals surface area contributed by atoms with Crippen LogP contribution in [0.1, 0.15) is 17.0 Å². The first kappa shape index (κ1) is 12.0. The van der Waals surface area contributed by atoms with Crippen molar-refractivity contribution in [1.82, 2.24) is 9.97 Å². The Kier molecular flexibility index (Phi) is 3.74. The first-order valence-corrected chi connectivity index (χ1v) is 6.23. The summed E-state index contributed by atoms with van der Waals surface area (Å²) in [5, 5.41) is 3.03. The minimum atomic E-state index is 0.754. The van der Waals surface area contributed by atoms with Gasteiger partial charge in [-0.15, -0.1) is 0 Å². The summed E-state index contributed by atoms with van der Waals surface area (Å²) >= 11 is 3.40. The summed E-state index contributed by atoms with van der Waals surface area (Å²) < 4.78 is 0.882. The van der Waals surface area contributed by atoms with Gasteiger partial charge in [-0.2, -0.15) is 0 Å². The Bertz CT molecular complexity index is 526. The Labute approximate surface area is 109 Å². The average Bonchev–Trinajstić information content (AvgIpc) is 2.32. The molecule has 4 heteroatoms. The smallest absolute Gasteiger partial charge is 0.143 e. The van der Waals surface area contributed by atoms with Crippen LogP contribution in [0, 0.1) is 6.92 Å². The molecule has 88 valence electrons. The molecule has 1 aromatic heterocycles. The lowest BCUT2D eigenvalue weighted by Gasteiger charge is -2.06. The number of nitrogens with one attached hydrogen (secondary N) is 1. The van der Waals surface area contributed by atoms with Crippen molar-refractivity contribution in [2.24, 2.45) is 0 Å². The molecule has 0 bridgehead atoms. The fourth-order valence-electron chi connectivity index (χ4n) is 1.67. The van der Waals surface area contributed by atoms with Crippen LogP contribution in [0.2, 0.25) is 0 Å². The van der Waals surface area contributed by atoms with Crippen molar-refractivity contribution in [2.75, 3.05) is 12.4 Å². The molecule has 3 nitrogen and oxygen atoms in total. The van der Waals surface area contributed by atoms with Crippen molar-refractivity contribution in [3.8, 4) is 0 Å². The van der Waals surface area contributed by atoms with Crippen molar-refractivity contribution in [3.05, 3.63) is 51.9 Å². The van der Waals surface area contributed by atoms with Crippen LogP contribution >= 0.6 is 15.9 Å². The highest BCUT2D eigenvalue weighted by Gasteiger charge is 2.04. The van der Waals surface area contributed by atoms with Gasteiger partial charge >= 0.3 is 0 Å². The Morgan fingerprint density at radius 1 is 1.35 bits per heavy atom. The third kappa shape index (κ3) is 3.03. The summed E-state index contributed by atoms with van der Waals surface area (Å²) in [6.45, 7) is 2.09. The maximum Gasteiger partial charge on any atom is 0.143 e. The van der Waals surface area contributed by atoms with Crippen molar-refractivity contribution in [2.45, 2.75) is 13.3 Å². The van der Waals surface area contributed by atoms with E-state index >= 15 is 0 Å². The van der Waals surface area contributed by atoms with Gasteiger partial charge in [-0.25, -0.2) is 9.97 Å². The van der Waals surface area contributed by atoms with E-state index in [0.717, 1.165) is 22.5 Å². The number of nitrogens with zero attached hydrogens (tertiary/aromatic N) is 2. The minimum absolute atomic E-state index is 0.754. The maximum absolute atomic E-state index is 4.45. The molecule has 0 radical (unpaired) electrons. The van der Waals surface area contributed by atoms with Crippen LogP contribution in [0.3, 0.4) is 0 Å². The molecule has 0 saturated carbocycles. The summed E-state index contributed by atoms with van der Waals surface area (Å²) in [6.07, 6.45) is 2.54. The SMILES string of the molecule is CNc1nc(Cc2cccc(C)c2)ncc1Br. The van der Waals surface area contributed by atoms with Crippen LogP contribution < -0.4 is 5.32 Å². The van der Waals surface area contributed by atoms with Crippen molar-refractivity contribution in [3.63, 3.8) is 0 Å². The van der Waals surface area contributed by atoms with Gasteiger partial charge in [0.25, 0.3) is 0 Å². The second-order valence-corrected chi connectivity index (χ2v) is 4.75. The fourth-order valence-corrected chi connectivity index (χ4v) is 2.06. The number of aryl methyl sites for hydroxylation is 1. The molecule has 0 saturated heterocycles. The van der Waals surface area contributed by atoms with Gasteiger partial charge < -0.3 is 5.32 Å². The van der Waals surface area contributed by atoms with Crippen LogP contribution in [0.5, 0.6) is 0 Å². The van der Waals surface area contributed by atoms with Crippen LogP contribution in [-0.4, -0.2) is 17.0 Å². The molecular weight excluding hydrogens is 278 g/mol. The Hall–Kier alpha value is -1.42. The van der Waals surface area contributed by atoms with Crippen molar-refractivity contribution in [1.29, 1.82) is 0 Å². The van der Waals surface area contributed by atoms with Crippen LogP contribution in [0.15, 0.2) is 34.9 Å². The lowest BCUT2D eigenvalue weighted by atomic mass is 10.1. The molecule has 0 amide bonds. The molecule has 1 N–H and O–H groups in total. The molecule has 0 aliphatic heterocycles. The summed E-state index contributed by atoms with van der Waals surface area (Å²) in [5.41, 5.74) is 2.49. The molecule has 0 aliphatic carbocycles. The van der Waals surface area contributed by atoms with E-state index in [1.807, 2.05) is 7.05 Å². The molecule has 0 fully saturated rings. The zero-order valence-corrected chi connectivity index (χ0v) is 11.5. The molecule has 2 rings (SSSR count). The molecule has 2 aromatic rings. The van der Waals surface area contributed by atoms with Crippen LogP contribution in [0.25, 0.3) is 0 Å². The predicted molar refractivity (Wildman–Crippen MR) is 73.3 cm³/mol. The highest BCUT2D eigenvalue weighted by molar-refractivity contribution is 9.10. The monoisotopic (exact) mass is 291 g/mol. The lowest BCUT2D eigenvalue weighted by Crippen LogP contribution is -2.01. The molecule has 0 atom stereocenters. The van der Waals surface area contributed by atoms with Crippen molar-refractivity contribution < 1.29 is 0 Å². The standard InChI is InChI=1S/C13H14BrN3/c1-9-4-3-5-10(6-9)7-12-16-8-11(14)13(15-2)17-12/h3-6,8H,7H2,1-2H3,(H,15,16,17). The molecular formula is C13H14BrN3.